The maximum Gasteiger partial charge on any atom is 0.325 e. The molecule has 2 heterocycles. The van der Waals surface area contributed by atoms with Gasteiger partial charge < -0.3 is 20.1 Å². The summed E-state index contributed by atoms with van der Waals surface area (Å²) in [5.74, 6) is 0.776. The summed E-state index contributed by atoms with van der Waals surface area (Å²) in [7, 11) is 0. The van der Waals surface area contributed by atoms with Crippen LogP contribution >= 0.6 is 11.6 Å². The van der Waals surface area contributed by atoms with E-state index in [-0.39, 0.29) is 12.5 Å². The number of imide groups is 1. The van der Waals surface area contributed by atoms with Crippen LogP contribution in [0.3, 0.4) is 0 Å². The molecule has 1 aromatic rings. The van der Waals surface area contributed by atoms with Crippen LogP contribution in [-0.4, -0.2) is 48.0 Å². The van der Waals surface area contributed by atoms with Gasteiger partial charge in [0.25, 0.3) is 5.91 Å². The molecule has 1 aromatic carbocycles. The van der Waals surface area contributed by atoms with Crippen LogP contribution < -0.4 is 20.1 Å². The highest BCUT2D eigenvalue weighted by atomic mass is 35.5. The van der Waals surface area contributed by atoms with Crippen molar-refractivity contribution in [3.8, 4) is 11.5 Å². The number of amides is 4. The van der Waals surface area contributed by atoms with Gasteiger partial charge in [-0.05, 0) is 31.6 Å². The van der Waals surface area contributed by atoms with Gasteiger partial charge >= 0.3 is 6.03 Å². The number of rotatable bonds is 4. The molecule has 4 rings (SSSR count). The van der Waals surface area contributed by atoms with E-state index >= 15 is 0 Å². The van der Waals surface area contributed by atoms with Gasteiger partial charge in [0.1, 0.15) is 12.1 Å². The molecule has 3 aliphatic rings. The summed E-state index contributed by atoms with van der Waals surface area (Å²) in [4.78, 5) is 39.0. The number of carbonyl (C=O) groups excluding carboxylic acids is 3. The Hall–Kier alpha value is -2.48. The molecule has 0 aromatic heterocycles. The number of anilines is 1. The van der Waals surface area contributed by atoms with Crippen LogP contribution in [-0.2, 0) is 9.59 Å². The first-order valence-electron chi connectivity index (χ1n) is 10.4. The smallest absolute Gasteiger partial charge is 0.325 e. The van der Waals surface area contributed by atoms with E-state index in [0.717, 1.165) is 30.6 Å². The van der Waals surface area contributed by atoms with Crippen molar-refractivity contribution in [1.82, 2.24) is 10.2 Å². The lowest BCUT2D eigenvalue weighted by Crippen LogP contribution is -2.49. The topological polar surface area (TPSA) is 97.0 Å². The minimum atomic E-state index is -0.865. The maximum absolute atomic E-state index is 13.0. The third-order valence-corrected chi connectivity index (χ3v) is 6.51. The number of ether oxygens (including phenoxy) is 2. The lowest BCUT2D eigenvalue weighted by Gasteiger charge is -2.34. The summed E-state index contributed by atoms with van der Waals surface area (Å²) < 4.78 is 11.2. The van der Waals surface area contributed by atoms with E-state index in [1.165, 1.54) is 0 Å². The Morgan fingerprint density at radius 2 is 1.90 bits per heavy atom. The van der Waals surface area contributed by atoms with Gasteiger partial charge in [0.15, 0.2) is 11.5 Å². The van der Waals surface area contributed by atoms with Crippen molar-refractivity contribution < 1.29 is 23.9 Å². The summed E-state index contributed by atoms with van der Waals surface area (Å²) in [5, 5.41) is 5.80. The summed E-state index contributed by atoms with van der Waals surface area (Å²) >= 11 is 6.27. The number of fused-ring (bicyclic) bond motifs is 1. The Morgan fingerprint density at radius 1 is 1.23 bits per heavy atom. The van der Waals surface area contributed by atoms with Crippen LogP contribution in [0, 0.1) is 5.92 Å². The van der Waals surface area contributed by atoms with Gasteiger partial charge in [-0.2, -0.15) is 0 Å². The van der Waals surface area contributed by atoms with Crippen molar-refractivity contribution in [3.63, 3.8) is 0 Å². The van der Waals surface area contributed by atoms with Crippen LogP contribution in [0.25, 0.3) is 0 Å². The number of benzene rings is 1. The van der Waals surface area contributed by atoms with Gasteiger partial charge in [-0.25, -0.2) is 4.79 Å². The Balaban J connectivity index is 1.43. The molecule has 1 aliphatic carbocycles. The highest BCUT2D eigenvalue weighted by molar-refractivity contribution is 6.34. The number of carbonyl (C=O) groups is 3. The third kappa shape index (κ3) is 3.93. The van der Waals surface area contributed by atoms with Crippen molar-refractivity contribution in [3.05, 3.63) is 17.2 Å². The minimum Gasteiger partial charge on any atom is -0.490 e. The standard InChI is InChI=1S/C21H26ClN3O5/c1-2-13-4-6-21(7-5-13)19(27)25(20(28)24-21)12-18(26)23-15-11-17-16(10-14(15)22)29-8-3-9-30-17/h10-11,13H,2-9,12H2,1H3,(H,23,26)(H,24,28). The zero-order chi connectivity index (χ0) is 21.3. The Labute approximate surface area is 180 Å². The second kappa shape index (κ2) is 8.34. The molecular formula is C21H26ClN3O5. The van der Waals surface area contributed by atoms with Crippen LogP contribution in [0.5, 0.6) is 11.5 Å². The van der Waals surface area contributed by atoms with Gasteiger partial charge in [-0.3, -0.25) is 14.5 Å². The van der Waals surface area contributed by atoms with Crippen LogP contribution in [0.15, 0.2) is 12.1 Å². The first kappa shape index (κ1) is 20.8. The molecule has 1 spiro atoms. The van der Waals surface area contributed by atoms with E-state index in [1.807, 2.05) is 0 Å². The molecule has 2 fully saturated rings. The summed E-state index contributed by atoms with van der Waals surface area (Å²) in [6.07, 6.45) is 4.84. The van der Waals surface area contributed by atoms with Gasteiger partial charge in [0, 0.05) is 18.6 Å². The number of hydrogen-bond acceptors (Lipinski definition) is 5. The predicted molar refractivity (Wildman–Crippen MR) is 111 cm³/mol. The molecule has 0 radical (unpaired) electrons. The Morgan fingerprint density at radius 3 is 2.57 bits per heavy atom. The fraction of sp³-hybridized carbons (Fsp3) is 0.571. The molecule has 30 heavy (non-hydrogen) atoms. The molecule has 1 saturated carbocycles. The van der Waals surface area contributed by atoms with E-state index < -0.39 is 17.5 Å². The molecule has 2 N–H and O–H groups in total. The molecule has 1 saturated heterocycles. The first-order chi connectivity index (χ1) is 14.4. The maximum atomic E-state index is 13.0. The molecule has 2 aliphatic heterocycles. The first-order valence-corrected chi connectivity index (χ1v) is 10.8. The summed E-state index contributed by atoms with van der Waals surface area (Å²) in [6, 6.07) is 2.67. The second-order valence-electron chi connectivity index (χ2n) is 8.13. The predicted octanol–water partition coefficient (Wildman–Crippen LogP) is 3.33. The molecule has 162 valence electrons. The van der Waals surface area contributed by atoms with E-state index in [2.05, 4.69) is 17.6 Å². The SMILES string of the molecule is CCC1CCC2(CC1)NC(=O)N(CC(=O)Nc1cc3c(cc1Cl)OCCCO3)C2=O. The fourth-order valence-corrected chi connectivity index (χ4v) is 4.55. The van der Waals surface area contributed by atoms with E-state index in [4.69, 9.17) is 21.1 Å². The molecule has 4 amide bonds. The Kier molecular flexibility index (Phi) is 5.77. The lowest BCUT2D eigenvalue weighted by atomic mass is 9.75. The number of nitrogens with zero attached hydrogens (tertiary/aromatic N) is 1. The highest BCUT2D eigenvalue weighted by Gasteiger charge is 2.52. The van der Waals surface area contributed by atoms with Crippen LogP contribution in [0.2, 0.25) is 5.02 Å². The minimum absolute atomic E-state index is 0.291. The molecule has 0 bridgehead atoms. The third-order valence-electron chi connectivity index (χ3n) is 6.19. The zero-order valence-corrected chi connectivity index (χ0v) is 17.7. The van der Waals surface area contributed by atoms with E-state index in [9.17, 15) is 14.4 Å². The van der Waals surface area contributed by atoms with Gasteiger partial charge in [0.2, 0.25) is 5.91 Å². The van der Waals surface area contributed by atoms with E-state index in [1.54, 1.807) is 12.1 Å². The van der Waals surface area contributed by atoms with Crippen LogP contribution in [0.1, 0.15) is 45.4 Å². The normalized spacial score (nSPS) is 25.8. The summed E-state index contributed by atoms with van der Waals surface area (Å²) in [6.45, 7) is 2.81. The number of halogens is 1. The quantitative estimate of drug-likeness (QED) is 0.707. The fourth-order valence-electron chi connectivity index (χ4n) is 4.35. The zero-order valence-electron chi connectivity index (χ0n) is 17.0. The average molecular weight is 436 g/mol. The van der Waals surface area contributed by atoms with Gasteiger partial charge in [0.05, 0.1) is 23.9 Å². The Bertz CT molecular complexity index is 866. The molecule has 0 atom stereocenters. The monoisotopic (exact) mass is 435 g/mol. The van der Waals surface area contributed by atoms with E-state index in [0.29, 0.717) is 54.2 Å². The van der Waals surface area contributed by atoms with Crippen molar-refractivity contribution in [2.75, 3.05) is 25.1 Å². The number of urea groups is 1. The molecule has 8 nitrogen and oxygen atoms in total. The number of nitrogens with one attached hydrogen (secondary N) is 2. The largest absolute Gasteiger partial charge is 0.490 e. The van der Waals surface area contributed by atoms with Gasteiger partial charge in [-0.15, -0.1) is 0 Å². The second-order valence-corrected chi connectivity index (χ2v) is 8.54. The average Bonchev–Trinajstić information content (AvgIpc) is 2.88. The molecule has 0 unspecified atom stereocenters. The van der Waals surface area contributed by atoms with Crippen molar-refractivity contribution in [1.29, 1.82) is 0 Å². The van der Waals surface area contributed by atoms with Gasteiger partial charge in [-0.1, -0.05) is 24.9 Å². The van der Waals surface area contributed by atoms with Crippen molar-refractivity contribution in [2.24, 2.45) is 5.92 Å². The van der Waals surface area contributed by atoms with Crippen molar-refractivity contribution >= 4 is 35.1 Å². The lowest BCUT2D eigenvalue weighted by molar-refractivity contribution is -0.135. The van der Waals surface area contributed by atoms with Crippen molar-refractivity contribution in [2.45, 2.75) is 51.0 Å². The highest BCUT2D eigenvalue weighted by Crippen LogP contribution is 2.39. The number of hydrogen-bond donors (Lipinski definition) is 2. The molecular weight excluding hydrogens is 410 g/mol. The molecule has 9 heteroatoms. The summed E-state index contributed by atoms with van der Waals surface area (Å²) in [5.41, 5.74) is -0.522. The van der Waals surface area contributed by atoms with Crippen LogP contribution in [0.4, 0.5) is 10.5 Å².